The maximum Gasteiger partial charge on any atom is 0.255 e. The second-order valence-electron chi connectivity index (χ2n) is 4.27. The lowest BCUT2D eigenvalue weighted by Crippen LogP contribution is -2.12. The number of carbonyl (C=O) groups is 1. The first kappa shape index (κ1) is 13.8. The Morgan fingerprint density at radius 2 is 1.95 bits per heavy atom. The third-order valence-corrected chi connectivity index (χ3v) is 3.21. The van der Waals surface area contributed by atoms with Gasteiger partial charge in [0, 0.05) is 15.7 Å². The molecular formula is C15H14BrNO2. The van der Waals surface area contributed by atoms with Gasteiger partial charge in [-0.15, -0.1) is 0 Å². The van der Waals surface area contributed by atoms with Gasteiger partial charge in [-0.05, 0) is 42.8 Å². The highest BCUT2D eigenvalue weighted by Crippen LogP contribution is 2.18. The standard InChI is InChI=1S/C15H14BrNO2/c1-10(18)11-4-3-7-14(9-11)17-15(19)12-5-2-6-13(16)8-12/h2-10,18H,1H3,(H,17,19)/t10-/m0/s1. The zero-order valence-electron chi connectivity index (χ0n) is 10.4. The maximum atomic E-state index is 12.1. The van der Waals surface area contributed by atoms with E-state index in [1.54, 1.807) is 37.3 Å². The topological polar surface area (TPSA) is 49.3 Å². The Hall–Kier alpha value is -1.65. The van der Waals surface area contributed by atoms with Gasteiger partial charge in [-0.25, -0.2) is 0 Å². The highest BCUT2D eigenvalue weighted by atomic mass is 79.9. The van der Waals surface area contributed by atoms with Gasteiger partial charge < -0.3 is 10.4 Å². The number of anilines is 1. The van der Waals surface area contributed by atoms with Crippen molar-refractivity contribution in [3.05, 3.63) is 64.1 Å². The molecule has 0 aliphatic rings. The van der Waals surface area contributed by atoms with E-state index in [2.05, 4.69) is 21.2 Å². The molecular weight excluding hydrogens is 306 g/mol. The first-order valence-corrected chi connectivity index (χ1v) is 6.70. The number of hydrogen-bond acceptors (Lipinski definition) is 2. The van der Waals surface area contributed by atoms with Gasteiger partial charge in [-0.1, -0.05) is 34.1 Å². The molecule has 2 aromatic carbocycles. The third kappa shape index (κ3) is 3.66. The molecule has 2 rings (SSSR count). The first-order valence-electron chi connectivity index (χ1n) is 5.91. The van der Waals surface area contributed by atoms with Crippen molar-refractivity contribution in [2.24, 2.45) is 0 Å². The lowest BCUT2D eigenvalue weighted by molar-refractivity contribution is 0.102. The minimum atomic E-state index is -0.553. The Kier molecular flexibility index (Phi) is 4.35. The van der Waals surface area contributed by atoms with Crippen LogP contribution >= 0.6 is 15.9 Å². The average molecular weight is 320 g/mol. The Morgan fingerprint density at radius 1 is 1.21 bits per heavy atom. The summed E-state index contributed by atoms with van der Waals surface area (Å²) in [7, 11) is 0. The maximum absolute atomic E-state index is 12.1. The Morgan fingerprint density at radius 3 is 2.63 bits per heavy atom. The van der Waals surface area contributed by atoms with Crippen molar-refractivity contribution in [1.82, 2.24) is 0 Å². The molecule has 98 valence electrons. The van der Waals surface area contributed by atoms with Gasteiger partial charge in [0.15, 0.2) is 0 Å². The van der Waals surface area contributed by atoms with Crippen LogP contribution in [0.1, 0.15) is 28.9 Å². The quantitative estimate of drug-likeness (QED) is 0.905. The molecule has 0 unspecified atom stereocenters. The van der Waals surface area contributed by atoms with Crippen molar-refractivity contribution < 1.29 is 9.90 Å². The van der Waals surface area contributed by atoms with Crippen molar-refractivity contribution in [3.63, 3.8) is 0 Å². The number of rotatable bonds is 3. The van der Waals surface area contributed by atoms with Crippen molar-refractivity contribution in [3.8, 4) is 0 Å². The van der Waals surface area contributed by atoms with Crippen LogP contribution in [0.25, 0.3) is 0 Å². The molecule has 0 heterocycles. The fourth-order valence-corrected chi connectivity index (χ4v) is 2.11. The zero-order valence-corrected chi connectivity index (χ0v) is 12.0. The van der Waals surface area contributed by atoms with Crippen LogP contribution < -0.4 is 5.32 Å². The molecule has 4 heteroatoms. The van der Waals surface area contributed by atoms with Crippen LogP contribution in [0.5, 0.6) is 0 Å². The normalized spacial score (nSPS) is 11.9. The molecule has 2 N–H and O–H groups in total. The van der Waals surface area contributed by atoms with Gasteiger partial charge in [-0.3, -0.25) is 4.79 Å². The van der Waals surface area contributed by atoms with Crippen LogP contribution in [-0.2, 0) is 0 Å². The van der Waals surface area contributed by atoms with E-state index in [-0.39, 0.29) is 5.91 Å². The molecule has 19 heavy (non-hydrogen) atoms. The summed E-state index contributed by atoms with van der Waals surface area (Å²) >= 11 is 3.33. The molecule has 2 aromatic rings. The average Bonchev–Trinajstić information content (AvgIpc) is 2.39. The van der Waals surface area contributed by atoms with Gasteiger partial charge in [-0.2, -0.15) is 0 Å². The van der Waals surface area contributed by atoms with E-state index in [9.17, 15) is 9.90 Å². The van der Waals surface area contributed by atoms with Crippen LogP contribution in [0.3, 0.4) is 0 Å². The summed E-state index contributed by atoms with van der Waals surface area (Å²) in [5.41, 5.74) is 2.02. The van der Waals surface area contributed by atoms with Gasteiger partial charge >= 0.3 is 0 Å². The molecule has 0 spiro atoms. The van der Waals surface area contributed by atoms with Gasteiger partial charge in [0.1, 0.15) is 0 Å². The van der Waals surface area contributed by atoms with Gasteiger partial charge in [0.05, 0.1) is 6.10 Å². The minimum absolute atomic E-state index is 0.177. The molecule has 0 aromatic heterocycles. The molecule has 0 saturated heterocycles. The van der Waals surface area contributed by atoms with Crippen LogP contribution in [0.2, 0.25) is 0 Å². The largest absolute Gasteiger partial charge is 0.389 e. The SMILES string of the molecule is C[C@H](O)c1cccc(NC(=O)c2cccc(Br)c2)c1. The zero-order chi connectivity index (χ0) is 13.8. The summed E-state index contributed by atoms with van der Waals surface area (Å²) in [6.45, 7) is 1.69. The lowest BCUT2D eigenvalue weighted by Gasteiger charge is -2.09. The van der Waals surface area contributed by atoms with Gasteiger partial charge in [0.25, 0.3) is 5.91 Å². The number of hydrogen-bond donors (Lipinski definition) is 2. The minimum Gasteiger partial charge on any atom is -0.389 e. The van der Waals surface area contributed by atoms with Crippen LogP contribution in [0.4, 0.5) is 5.69 Å². The fraction of sp³-hybridized carbons (Fsp3) is 0.133. The Balaban J connectivity index is 2.17. The third-order valence-electron chi connectivity index (χ3n) is 2.71. The summed E-state index contributed by atoms with van der Waals surface area (Å²) in [4.78, 5) is 12.1. The second-order valence-corrected chi connectivity index (χ2v) is 5.18. The predicted octanol–water partition coefficient (Wildman–Crippen LogP) is 3.75. The summed E-state index contributed by atoms with van der Waals surface area (Å²) in [5.74, 6) is -0.177. The smallest absolute Gasteiger partial charge is 0.255 e. The first-order chi connectivity index (χ1) is 9.06. The number of aliphatic hydroxyl groups excluding tert-OH is 1. The van der Waals surface area contributed by atoms with E-state index < -0.39 is 6.10 Å². The van der Waals surface area contributed by atoms with E-state index in [1.807, 2.05) is 18.2 Å². The van der Waals surface area contributed by atoms with E-state index >= 15 is 0 Å². The monoisotopic (exact) mass is 319 g/mol. The molecule has 0 radical (unpaired) electrons. The highest BCUT2D eigenvalue weighted by Gasteiger charge is 2.07. The van der Waals surface area contributed by atoms with E-state index in [0.717, 1.165) is 10.0 Å². The summed E-state index contributed by atoms with van der Waals surface area (Å²) in [6.07, 6.45) is -0.553. The van der Waals surface area contributed by atoms with Crippen LogP contribution in [0, 0.1) is 0 Å². The lowest BCUT2D eigenvalue weighted by atomic mass is 10.1. The van der Waals surface area contributed by atoms with E-state index in [1.165, 1.54) is 0 Å². The highest BCUT2D eigenvalue weighted by molar-refractivity contribution is 9.10. The predicted molar refractivity (Wildman–Crippen MR) is 79.2 cm³/mol. The van der Waals surface area contributed by atoms with Crippen molar-refractivity contribution in [2.45, 2.75) is 13.0 Å². The molecule has 0 saturated carbocycles. The number of benzene rings is 2. The van der Waals surface area contributed by atoms with E-state index in [0.29, 0.717) is 11.3 Å². The summed E-state index contributed by atoms with van der Waals surface area (Å²) in [6, 6.07) is 14.4. The number of amides is 1. The number of aliphatic hydroxyl groups is 1. The number of carbonyl (C=O) groups excluding carboxylic acids is 1. The summed E-state index contributed by atoms with van der Waals surface area (Å²) in [5, 5.41) is 12.3. The van der Waals surface area contributed by atoms with Crippen molar-refractivity contribution in [2.75, 3.05) is 5.32 Å². The second kappa shape index (κ2) is 5.99. The Bertz CT molecular complexity index is 596. The molecule has 0 fully saturated rings. The van der Waals surface area contributed by atoms with Crippen molar-refractivity contribution in [1.29, 1.82) is 0 Å². The molecule has 1 amide bonds. The fourth-order valence-electron chi connectivity index (χ4n) is 1.71. The molecule has 3 nitrogen and oxygen atoms in total. The van der Waals surface area contributed by atoms with Gasteiger partial charge in [0.2, 0.25) is 0 Å². The van der Waals surface area contributed by atoms with Crippen LogP contribution in [0.15, 0.2) is 53.0 Å². The van der Waals surface area contributed by atoms with Crippen molar-refractivity contribution >= 4 is 27.5 Å². The van der Waals surface area contributed by atoms with E-state index in [4.69, 9.17) is 0 Å². The number of halogens is 1. The number of nitrogens with one attached hydrogen (secondary N) is 1. The molecule has 1 atom stereocenters. The molecule has 0 aliphatic carbocycles. The molecule has 0 aliphatic heterocycles. The van der Waals surface area contributed by atoms with Crippen LogP contribution in [-0.4, -0.2) is 11.0 Å². The molecule has 0 bridgehead atoms. The Labute approximate surface area is 120 Å². The summed E-state index contributed by atoms with van der Waals surface area (Å²) < 4.78 is 0.859.